The van der Waals surface area contributed by atoms with E-state index in [0.717, 1.165) is 19.1 Å². The number of hydrazine groups is 1. The largest absolute Gasteiger partial charge is 0.457 e. The van der Waals surface area contributed by atoms with Crippen molar-refractivity contribution in [2.24, 2.45) is 5.84 Å². The summed E-state index contributed by atoms with van der Waals surface area (Å²) in [6, 6.07) is 8.45. The summed E-state index contributed by atoms with van der Waals surface area (Å²) in [7, 11) is 1.49. The maximum Gasteiger partial charge on any atom is 0.413 e. The minimum absolute atomic E-state index is 0.102. The number of halogens is 4. The number of nitrogens with two attached hydrogens (primary N) is 1. The number of ether oxygens (including phenoxy) is 1. The number of allylic oxidation sites excluding steroid dienone is 4. The molecule has 2 rings (SSSR count). The van der Waals surface area contributed by atoms with E-state index < -0.39 is 22.8 Å². The SMILES string of the molecule is C=C(/C=C\C(Cl)=C(/C)C(F)(F)F)N(N)C(=O)Nc1ccc(Oc2ccnc(C(=O)NC)c2)cc1. The molecule has 0 unspecified atom stereocenters. The molecule has 0 spiro atoms. The molecule has 0 atom stereocenters. The number of hydrogen-bond acceptors (Lipinski definition) is 5. The second kappa shape index (κ2) is 11.3. The number of carbonyl (C=O) groups is 2. The Kier molecular flexibility index (Phi) is 8.82. The minimum atomic E-state index is -4.58. The topological polar surface area (TPSA) is 110 Å². The monoisotopic (exact) mass is 495 g/mol. The van der Waals surface area contributed by atoms with Crippen LogP contribution in [0.15, 0.2) is 77.6 Å². The van der Waals surface area contributed by atoms with Gasteiger partial charge in [0, 0.05) is 35.6 Å². The molecule has 0 saturated carbocycles. The number of anilines is 1. The first-order chi connectivity index (χ1) is 15.9. The smallest absolute Gasteiger partial charge is 0.413 e. The summed E-state index contributed by atoms with van der Waals surface area (Å²) >= 11 is 5.62. The van der Waals surface area contributed by atoms with Gasteiger partial charge in [0.1, 0.15) is 17.2 Å². The summed E-state index contributed by atoms with van der Waals surface area (Å²) in [5.74, 6) is 6.11. The summed E-state index contributed by atoms with van der Waals surface area (Å²) < 4.78 is 43.6. The van der Waals surface area contributed by atoms with Gasteiger partial charge in [0.2, 0.25) is 0 Å². The fourth-order valence-corrected chi connectivity index (χ4v) is 2.46. The molecule has 34 heavy (non-hydrogen) atoms. The molecular formula is C22H21ClF3N5O3. The van der Waals surface area contributed by atoms with Crippen LogP contribution in [0.5, 0.6) is 11.5 Å². The van der Waals surface area contributed by atoms with Crippen LogP contribution < -0.4 is 21.2 Å². The highest BCUT2D eigenvalue weighted by molar-refractivity contribution is 6.31. The lowest BCUT2D eigenvalue weighted by atomic mass is 10.2. The molecule has 0 saturated heterocycles. The summed E-state index contributed by atoms with van der Waals surface area (Å²) in [5, 5.41) is 5.02. The number of urea groups is 1. The number of carbonyl (C=O) groups excluding carboxylic acids is 2. The Labute approximate surface area is 198 Å². The number of nitrogens with one attached hydrogen (secondary N) is 2. The summed E-state index contributed by atoms with van der Waals surface area (Å²) in [6.45, 7) is 4.36. The van der Waals surface area contributed by atoms with Crippen LogP contribution in [0, 0.1) is 0 Å². The fourth-order valence-electron chi connectivity index (χ4n) is 2.29. The van der Waals surface area contributed by atoms with Crippen molar-refractivity contribution in [2.45, 2.75) is 13.1 Å². The van der Waals surface area contributed by atoms with E-state index in [1.165, 1.54) is 31.4 Å². The number of rotatable bonds is 7. The molecule has 8 nitrogen and oxygen atoms in total. The molecule has 3 amide bonds. The van der Waals surface area contributed by atoms with Gasteiger partial charge in [-0.15, -0.1) is 0 Å². The zero-order chi connectivity index (χ0) is 25.5. The predicted molar refractivity (Wildman–Crippen MR) is 122 cm³/mol. The number of aromatic nitrogens is 1. The Morgan fingerprint density at radius 3 is 2.41 bits per heavy atom. The van der Waals surface area contributed by atoms with Crippen LogP contribution in [0.1, 0.15) is 17.4 Å². The van der Waals surface area contributed by atoms with Crippen molar-refractivity contribution in [1.82, 2.24) is 15.3 Å². The van der Waals surface area contributed by atoms with Crippen LogP contribution in [0.2, 0.25) is 0 Å². The Balaban J connectivity index is 2.00. The average molecular weight is 496 g/mol. The van der Waals surface area contributed by atoms with E-state index in [4.69, 9.17) is 22.2 Å². The molecule has 0 aliphatic rings. The van der Waals surface area contributed by atoms with Gasteiger partial charge in [0.15, 0.2) is 0 Å². The quantitative estimate of drug-likeness (QED) is 0.215. The van der Waals surface area contributed by atoms with Crippen molar-refractivity contribution in [3.63, 3.8) is 0 Å². The number of nitrogens with zero attached hydrogens (tertiary/aromatic N) is 2. The van der Waals surface area contributed by atoms with Gasteiger partial charge in [-0.05, 0) is 49.4 Å². The molecule has 1 aromatic carbocycles. The van der Waals surface area contributed by atoms with Crippen molar-refractivity contribution >= 4 is 29.2 Å². The Bertz CT molecular complexity index is 1130. The highest BCUT2D eigenvalue weighted by atomic mass is 35.5. The van der Waals surface area contributed by atoms with E-state index in [1.807, 2.05) is 0 Å². The fraction of sp³-hybridized carbons (Fsp3) is 0.136. The lowest BCUT2D eigenvalue weighted by Gasteiger charge is -2.17. The zero-order valence-electron chi connectivity index (χ0n) is 18.1. The van der Waals surface area contributed by atoms with Gasteiger partial charge >= 0.3 is 12.2 Å². The third-order valence-electron chi connectivity index (χ3n) is 4.27. The van der Waals surface area contributed by atoms with Crippen LogP contribution in [-0.4, -0.2) is 35.2 Å². The van der Waals surface area contributed by atoms with E-state index in [1.54, 1.807) is 18.2 Å². The zero-order valence-corrected chi connectivity index (χ0v) is 18.9. The molecule has 0 aliphatic carbocycles. The molecule has 0 radical (unpaired) electrons. The highest BCUT2D eigenvalue weighted by Gasteiger charge is 2.31. The van der Waals surface area contributed by atoms with E-state index >= 15 is 0 Å². The lowest BCUT2D eigenvalue weighted by Crippen LogP contribution is -2.39. The van der Waals surface area contributed by atoms with Crippen LogP contribution in [-0.2, 0) is 0 Å². The van der Waals surface area contributed by atoms with Gasteiger partial charge in [-0.2, -0.15) is 13.2 Å². The first kappa shape index (κ1) is 26.4. The van der Waals surface area contributed by atoms with E-state index in [2.05, 4.69) is 22.2 Å². The second-order valence-electron chi connectivity index (χ2n) is 6.68. The molecule has 0 bridgehead atoms. The third-order valence-corrected chi connectivity index (χ3v) is 4.68. The van der Waals surface area contributed by atoms with Crippen molar-refractivity contribution < 1.29 is 27.5 Å². The molecule has 1 aromatic heterocycles. The minimum Gasteiger partial charge on any atom is -0.457 e. The maximum absolute atomic E-state index is 12.6. The predicted octanol–water partition coefficient (Wildman–Crippen LogP) is 5.09. The molecule has 180 valence electrons. The second-order valence-corrected chi connectivity index (χ2v) is 7.09. The molecule has 12 heteroatoms. The molecular weight excluding hydrogens is 475 g/mol. The number of pyridine rings is 1. The van der Waals surface area contributed by atoms with E-state index in [-0.39, 0.29) is 17.3 Å². The Hall–Kier alpha value is -3.83. The number of hydrogen-bond donors (Lipinski definition) is 3. The van der Waals surface area contributed by atoms with E-state index in [9.17, 15) is 22.8 Å². The van der Waals surface area contributed by atoms with Gasteiger partial charge in [-0.25, -0.2) is 15.6 Å². The first-order valence-corrected chi connectivity index (χ1v) is 9.92. The molecule has 4 N–H and O–H groups in total. The lowest BCUT2D eigenvalue weighted by molar-refractivity contribution is -0.0915. The van der Waals surface area contributed by atoms with Gasteiger partial charge < -0.3 is 15.4 Å². The molecule has 1 heterocycles. The maximum atomic E-state index is 12.6. The standard InChI is InChI=1S/C22H21ClF3N5O3/c1-13(4-9-18(23)14(2)22(24,25)26)31(27)21(33)30-15-5-7-16(8-6-15)34-17-10-11-29-19(12-17)20(32)28-3/h4-12H,1,27H2,2-3H3,(H,28,32)(H,30,33)/b9-4-,18-14-. The van der Waals surface area contributed by atoms with Crippen LogP contribution >= 0.6 is 11.6 Å². The number of alkyl halides is 3. The van der Waals surface area contributed by atoms with Crippen molar-refractivity contribution in [3.8, 4) is 11.5 Å². The normalized spacial score (nSPS) is 12.1. The summed E-state index contributed by atoms with van der Waals surface area (Å²) in [4.78, 5) is 27.9. The Morgan fingerprint density at radius 1 is 1.18 bits per heavy atom. The van der Waals surface area contributed by atoms with Gasteiger partial charge in [0.05, 0.1) is 5.70 Å². The third kappa shape index (κ3) is 7.36. The summed E-state index contributed by atoms with van der Waals surface area (Å²) in [6.07, 6.45) is -1.13. The van der Waals surface area contributed by atoms with Crippen molar-refractivity contribution in [1.29, 1.82) is 0 Å². The Morgan fingerprint density at radius 2 is 1.82 bits per heavy atom. The average Bonchev–Trinajstić information content (AvgIpc) is 2.81. The first-order valence-electron chi connectivity index (χ1n) is 9.54. The van der Waals surface area contributed by atoms with Crippen molar-refractivity contribution in [3.05, 3.63) is 83.3 Å². The van der Waals surface area contributed by atoms with Crippen LogP contribution in [0.25, 0.3) is 0 Å². The molecule has 2 aromatic rings. The van der Waals surface area contributed by atoms with Crippen molar-refractivity contribution in [2.75, 3.05) is 12.4 Å². The van der Waals surface area contributed by atoms with Crippen LogP contribution in [0.4, 0.5) is 23.7 Å². The van der Waals surface area contributed by atoms with Gasteiger partial charge in [-0.1, -0.05) is 18.2 Å². The van der Waals surface area contributed by atoms with Gasteiger partial charge in [-0.3, -0.25) is 9.78 Å². The van der Waals surface area contributed by atoms with E-state index in [0.29, 0.717) is 22.2 Å². The summed E-state index contributed by atoms with van der Waals surface area (Å²) in [5.41, 5.74) is -0.553. The number of benzene rings is 1. The molecule has 0 fully saturated rings. The molecule has 0 aliphatic heterocycles. The van der Waals surface area contributed by atoms with Crippen LogP contribution in [0.3, 0.4) is 0 Å². The van der Waals surface area contributed by atoms with Gasteiger partial charge in [0.25, 0.3) is 5.91 Å². The number of amides is 3. The highest BCUT2D eigenvalue weighted by Crippen LogP contribution is 2.30.